The second-order valence-corrected chi connectivity index (χ2v) is 5.40. The van der Waals surface area contributed by atoms with Gasteiger partial charge in [-0.1, -0.05) is 12.1 Å². The topological polar surface area (TPSA) is 12.9 Å². The highest BCUT2D eigenvalue weighted by Crippen LogP contribution is 2.34. The van der Waals surface area contributed by atoms with Crippen LogP contribution < -0.4 is 0 Å². The van der Waals surface area contributed by atoms with Gasteiger partial charge in [-0.2, -0.15) is 0 Å². The van der Waals surface area contributed by atoms with Crippen molar-refractivity contribution in [1.82, 2.24) is 4.98 Å². The van der Waals surface area contributed by atoms with Gasteiger partial charge in [-0.05, 0) is 60.8 Å². The molecular weight excluding hydrogens is 374 g/mol. The van der Waals surface area contributed by atoms with Crippen molar-refractivity contribution in [3.8, 4) is 0 Å². The fourth-order valence-corrected chi connectivity index (χ4v) is 2.66. The number of hydrogen-bond donors (Lipinski definition) is 0. The first kappa shape index (κ1) is 10.6. The molecule has 0 fully saturated rings. The fourth-order valence-electron chi connectivity index (χ4n) is 1.30. The van der Waals surface area contributed by atoms with E-state index in [2.05, 4.69) is 52.8 Å². The smallest absolute Gasteiger partial charge is 0.0859 e. The van der Waals surface area contributed by atoms with Crippen LogP contribution in [0.2, 0.25) is 0 Å². The van der Waals surface area contributed by atoms with Crippen LogP contribution in [0.25, 0.3) is 10.9 Å². The molecule has 0 saturated heterocycles. The summed E-state index contributed by atoms with van der Waals surface area (Å²) in [7, 11) is 0. The minimum Gasteiger partial charge on any atom is -0.251 e. The van der Waals surface area contributed by atoms with E-state index >= 15 is 0 Å². The molecular formula is C10H6Br3N. The summed E-state index contributed by atoms with van der Waals surface area (Å²) in [5.74, 6) is 0. The molecule has 14 heavy (non-hydrogen) atoms. The molecule has 2 aromatic rings. The zero-order valence-corrected chi connectivity index (χ0v) is 12.1. The maximum Gasteiger partial charge on any atom is 0.0859 e. The Bertz CT molecular complexity index is 508. The predicted molar refractivity (Wildman–Crippen MR) is 69.6 cm³/mol. The molecule has 0 aliphatic rings. The largest absolute Gasteiger partial charge is 0.251 e. The average molecular weight is 380 g/mol. The van der Waals surface area contributed by atoms with E-state index in [1.54, 1.807) is 0 Å². The molecule has 0 aliphatic carbocycles. The standard InChI is InChI=1S/C10H6Br3N/c1-5-8(12)9(13)6-3-2-4-7(11)10(6)14-5/h2-4H,1H3. The molecule has 0 aliphatic heterocycles. The summed E-state index contributed by atoms with van der Waals surface area (Å²) in [6, 6.07) is 6.04. The number of halogens is 3. The van der Waals surface area contributed by atoms with Crippen molar-refractivity contribution in [3.05, 3.63) is 37.3 Å². The van der Waals surface area contributed by atoms with Crippen molar-refractivity contribution in [2.24, 2.45) is 0 Å². The summed E-state index contributed by atoms with van der Waals surface area (Å²) in [6.07, 6.45) is 0. The van der Waals surface area contributed by atoms with E-state index in [9.17, 15) is 0 Å². The Hall–Kier alpha value is 0.0700. The lowest BCUT2D eigenvalue weighted by molar-refractivity contribution is 1.22. The Morgan fingerprint density at radius 2 is 1.79 bits per heavy atom. The van der Waals surface area contributed by atoms with E-state index in [1.165, 1.54) is 0 Å². The van der Waals surface area contributed by atoms with E-state index in [1.807, 2.05) is 25.1 Å². The lowest BCUT2D eigenvalue weighted by Gasteiger charge is -2.06. The number of pyridine rings is 1. The average Bonchev–Trinajstić information content (AvgIpc) is 2.17. The van der Waals surface area contributed by atoms with Crippen LogP contribution in [-0.4, -0.2) is 4.98 Å². The first-order chi connectivity index (χ1) is 6.61. The number of benzene rings is 1. The van der Waals surface area contributed by atoms with Gasteiger partial charge >= 0.3 is 0 Å². The Morgan fingerprint density at radius 1 is 1.07 bits per heavy atom. The third-order valence-corrected chi connectivity index (χ3v) is 4.98. The quantitative estimate of drug-likeness (QED) is 0.638. The van der Waals surface area contributed by atoms with Gasteiger partial charge in [0.15, 0.2) is 0 Å². The van der Waals surface area contributed by atoms with Crippen molar-refractivity contribution in [3.63, 3.8) is 0 Å². The monoisotopic (exact) mass is 377 g/mol. The minimum absolute atomic E-state index is 0.983. The molecule has 0 N–H and O–H groups in total. The second kappa shape index (κ2) is 3.91. The highest BCUT2D eigenvalue weighted by atomic mass is 79.9. The van der Waals surface area contributed by atoms with Crippen LogP contribution in [0.3, 0.4) is 0 Å². The first-order valence-electron chi connectivity index (χ1n) is 4.01. The lowest BCUT2D eigenvalue weighted by Crippen LogP contribution is -1.88. The molecule has 0 amide bonds. The van der Waals surface area contributed by atoms with Crippen molar-refractivity contribution < 1.29 is 0 Å². The first-order valence-corrected chi connectivity index (χ1v) is 6.39. The minimum atomic E-state index is 0.983. The van der Waals surface area contributed by atoms with Gasteiger partial charge in [0.05, 0.1) is 15.7 Å². The molecule has 0 atom stereocenters. The molecule has 1 aromatic carbocycles. The zero-order chi connectivity index (χ0) is 10.3. The maximum absolute atomic E-state index is 4.51. The van der Waals surface area contributed by atoms with Crippen LogP contribution in [-0.2, 0) is 0 Å². The van der Waals surface area contributed by atoms with Crippen molar-refractivity contribution >= 4 is 58.7 Å². The highest BCUT2D eigenvalue weighted by molar-refractivity contribution is 9.13. The third kappa shape index (κ3) is 1.64. The molecule has 4 heteroatoms. The van der Waals surface area contributed by atoms with Gasteiger partial charge in [-0.25, -0.2) is 0 Å². The summed E-state index contributed by atoms with van der Waals surface area (Å²) < 4.78 is 3.09. The highest BCUT2D eigenvalue weighted by Gasteiger charge is 2.09. The van der Waals surface area contributed by atoms with Gasteiger partial charge in [-0.15, -0.1) is 0 Å². The van der Waals surface area contributed by atoms with E-state index < -0.39 is 0 Å². The molecule has 1 heterocycles. The van der Waals surface area contributed by atoms with Crippen molar-refractivity contribution in [1.29, 1.82) is 0 Å². The maximum atomic E-state index is 4.51. The number of rotatable bonds is 0. The normalized spacial score (nSPS) is 10.9. The van der Waals surface area contributed by atoms with Crippen molar-refractivity contribution in [2.75, 3.05) is 0 Å². The van der Waals surface area contributed by atoms with Gasteiger partial charge in [0.1, 0.15) is 0 Å². The second-order valence-electron chi connectivity index (χ2n) is 2.96. The molecule has 0 spiro atoms. The van der Waals surface area contributed by atoms with E-state index in [0.717, 1.165) is 30.0 Å². The summed E-state index contributed by atoms with van der Waals surface area (Å²) in [5.41, 5.74) is 1.97. The van der Waals surface area contributed by atoms with E-state index in [-0.39, 0.29) is 0 Å². The van der Waals surface area contributed by atoms with Gasteiger partial charge in [-0.3, -0.25) is 4.98 Å². The van der Waals surface area contributed by atoms with Crippen LogP contribution in [0.5, 0.6) is 0 Å². The lowest BCUT2D eigenvalue weighted by atomic mass is 10.2. The molecule has 1 nitrogen and oxygen atoms in total. The Morgan fingerprint density at radius 3 is 2.50 bits per heavy atom. The van der Waals surface area contributed by atoms with Crippen LogP contribution in [0.15, 0.2) is 31.6 Å². The van der Waals surface area contributed by atoms with Crippen LogP contribution >= 0.6 is 47.8 Å². The van der Waals surface area contributed by atoms with Gasteiger partial charge in [0, 0.05) is 14.3 Å². The number of nitrogens with zero attached hydrogens (tertiary/aromatic N) is 1. The molecule has 72 valence electrons. The molecule has 0 bridgehead atoms. The van der Waals surface area contributed by atoms with Crippen LogP contribution in [0, 0.1) is 6.92 Å². The SMILES string of the molecule is Cc1nc2c(Br)cccc2c(Br)c1Br. The number of para-hydroxylation sites is 1. The van der Waals surface area contributed by atoms with E-state index in [0.29, 0.717) is 0 Å². The molecule has 0 unspecified atom stereocenters. The molecule has 2 rings (SSSR count). The molecule has 1 aromatic heterocycles. The predicted octanol–water partition coefficient (Wildman–Crippen LogP) is 4.83. The summed E-state index contributed by atoms with van der Waals surface area (Å²) >= 11 is 10.5. The van der Waals surface area contributed by atoms with Crippen molar-refractivity contribution in [2.45, 2.75) is 6.92 Å². The number of fused-ring (bicyclic) bond motifs is 1. The fraction of sp³-hybridized carbons (Fsp3) is 0.100. The van der Waals surface area contributed by atoms with Crippen LogP contribution in [0.1, 0.15) is 5.69 Å². The van der Waals surface area contributed by atoms with Gasteiger partial charge in [0.25, 0.3) is 0 Å². The Kier molecular flexibility index (Phi) is 2.96. The molecule has 0 saturated carbocycles. The summed E-state index contributed by atoms with van der Waals surface area (Å²) in [5, 5.41) is 1.11. The summed E-state index contributed by atoms with van der Waals surface area (Å²) in [4.78, 5) is 4.51. The summed E-state index contributed by atoms with van der Waals surface area (Å²) in [6.45, 7) is 1.98. The third-order valence-electron chi connectivity index (χ3n) is 2.01. The Balaban J connectivity index is 2.98. The van der Waals surface area contributed by atoms with Gasteiger partial charge in [0.2, 0.25) is 0 Å². The number of aryl methyl sites for hydroxylation is 1. The van der Waals surface area contributed by atoms with Crippen LogP contribution in [0.4, 0.5) is 0 Å². The zero-order valence-electron chi connectivity index (χ0n) is 7.31. The van der Waals surface area contributed by atoms with E-state index in [4.69, 9.17) is 0 Å². The number of hydrogen-bond acceptors (Lipinski definition) is 1. The number of aromatic nitrogens is 1. The van der Waals surface area contributed by atoms with Gasteiger partial charge < -0.3 is 0 Å². The molecule has 0 radical (unpaired) electrons. The Labute approximate surface area is 107 Å².